The molecular formula is C10H21NO. The molecule has 2 nitrogen and oxygen atoms in total. The van der Waals surface area contributed by atoms with Crippen molar-refractivity contribution in [2.75, 3.05) is 0 Å². The molecule has 0 radical (unpaired) electrons. The highest BCUT2D eigenvalue weighted by atomic mass is 16.3. The summed E-state index contributed by atoms with van der Waals surface area (Å²) >= 11 is 0. The molecule has 0 amide bonds. The van der Waals surface area contributed by atoms with Crippen LogP contribution in [-0.2, 0) is 0 Å². The van der Waals surface area contributed by atoms with E-state index in [0.717, 1.165) is 6.42 Å². The van der Waals surface area contributed by atoms with Crippen LogP contribution in [-0.4, -0.2) is 17.3 Å². The molecule has 0 spiro atoms. The van der Waals surface area contributed by atoms with E-state index in [4.69, 9.17) is 5.73 Å². The number of rotatable bonds is 5. The van der Waals surface area contributed by atoms with Crippen LogP contribution in [0.15, 0.2) is 12.7 Å². The number of nitrogens with two attached hydrogens (primary N) is 1. The van der Waals surface area contributed by atoms with Gasteiger partial charge in [-0.1, -0.05) is 26.3 Å². The SMILES string of the molecule is C=CC(N)[C@@H](CC)[C@H](C)[C@H](C)O. The Hall–Kier alpha value is -0.340. The van der Waals surface area contributed by atoms with Gasteiger partial charge in [-0.2, -0.15) is 0 Å². The maximum Gasteiger partial charge on any atom is 0.0540 e. The first kappa shape index (κ1) is 11.7. The highest BCUT2D eigenvalue weighted by molar-refractivity contribution is 4.90. The molecule has 2 heteroatoms. The van der Waals surface area contributed by atoms with Gasteiger partial charge in [0, 0.05) is 6.04 Å². The molecule has 0 aromatic carbocycles. The molecule has 4 atom stereocenters. The van der Waals surface area contributed by atoms with Gasteiger partial charge < -0.3 is 10.8 Å². The summed E-state index contributed by atoms with van der Waals surface area (Å²) in [5, 5.41) is 9.38. The molecule has 0 aromatic rings. The first-order valence-corrected chi connectivity index (χ1v) is 4.60. The largest absolute Gasteiger partial charge is 0.393 e. The molecule has 72 valence electrons. The van der Waals surface area contributed by atoms with Gasteiger partial charge in [-0.3, -0.25) is 0 Å². The highest BCUT2D eigenvalue weighted by Gasteiger charge is 2.23. The summed E-state index contributed by atoms with van der Waals surface area (Å²) in [6.07, 6.45) is 2.45. The van der Waals surface area contributed by atoms with Crippen LogP contribution in [0.3, 0.4) is 0 Å². The van der Waals surface area contributed by atoms with E-state index in [-0.39, 0.29) is 18.1 Å². The molecule has 12 heavy (non-hydrogen) atoms. The van der Waals surface area contributed by atoms with Gasteiger partial charge in [0.2, 0.25) is 0 Å². The van der Waals surface area contributed by atoms with Crippen molar-refractivity contribution in [2.24, 2.45) is 17.6 Å². The van der Waals surface area contributed by atoms with Crippen LogP contribution in [0.5, 0.6) is 0 Å². The highest BCUT2D eigenvalue weighted by Crippen LogP contribution is 2.22. The maximum atomic E-state index is 9.38. The Morgan fingerprint density at radius 1 is 1.50 bits per heavy atom. The fraction of sp³-hybridized carbons (Fsp3) is 0.800. The van der Waals surface area contributed by atoms with Crippen LogP contribution in [0.25, 0.3) is 0 Å². The molecule has 0 saturated heterocycles. The summed E-state index contributed by atoms with van der Waals surface area (Å²) in [6.45, 7) is 9.59. The number of aliphatic hydroxyl groups is 1. The summed E-state index contributed by atoms with van der Waals surface area (Å²) in [6, 6.07) is -0.000370. The van der Waals surface area contributed by atoms with Gasteiger partial charge in [-0.05, 0) is 18.8 Å². The maximum absolute atomic E-state index is 9.38. The second-order valence-corrected chi connectivity index (χ2v) is 3.48. The first-order valence-electron chi connectivity index (χ1n) is 4.60. The summed E-state index contributed by atoms with van der Waals surface area (Å²) < 4.78 is 0. The lowest BCUT2D eigenvalue weighted by molar-refractivity contribution is 0.0921. The monoisotopic (exact) mass is 171 g/mol. The number of hydrogen-bond acceptors (Lipinski definition) is 2. The van der Waals surface area contributed by atoms with Crippen molar-refractivity contribution < 1.29 is 5.11 Å². The summed E-state index contributed by atoms with van der Waals surface area (Å²) in [7, 11) is 0. The third-order valence-corrected chi connectivity index (χ3v) is 2.67. The van der Waals surface area contributed by atoms with Gasteiger partial charge in [-0.15, -0.1) is 6.58 Å². The molecule has 1 unspecified atom stereocenters. The van der Waals surface area contributed by atoms with Crippen molar-refractivity contribution in [1.29, 1.82) is 0 Å². The molecule has 0 aliphatic heterocycles. The second-order valence-electron chi connectivity index (χ2n) is 3.48. The second kappa shape index (κ2) is 5.33. The summed E-state index contributed by atoms with van der Waals surface area (Å²) in [4.78, 5) is 0. The Balaban J connectivity index is 4.22. The van der Waals surface area contributed by atoms with E-state index in [0.29, 0.717) is 5.92 Å². The standard InChI is InChI=1S/C10H21NO/c1-5-9(10(11)6-2)7(3)8(4)12/h6-10,12H,2,5,11H2,1,3-4H3/t7-,8+,9+,10?/m1/s1. The Morgan fingerprint density at radius 3 is 2.25 bits per heavy atom. The van der Waals surface area contributed by atoms with Gasteiger partial charge in [0.15, 0.2) is 0 Å². The van der Waals surface area contributed by atoms with Gasteiger partial charge in [0.1, 0.15) is 0 Å². The number of aliphatic hydroxyl groups excluding tert-OH is 1. The van der Waals surface area contributed by atoms with E-state index in [2.05, 4.69) is 13.5 Å². The molecule has 0 bridgehead atoms. The zero-order chi connectivity index (χ0) is 9.72. The Bertz CT molecular complexity index is 134. The lowest BCUT2D eigenvalue weighted by atomic mass is 9.82. The zero-order valence-electron chi connectivity index (χ0n) is 8.33. The van der Waals surface area contributed by atoms with E-state index in [1.165, 1.54) is 0 Å². The third kappa shape index (κ3) is 2.95. The van der Waals surface area contributed by atoms with Crippen LogP contribution in [0.1, 0.15) is 27.2 Å². The molecule has 0 rings (SSSR count). The van der Waals surface area contributed by atoms with Crippen molar-refractivity contribution in [3.8, 4) is 0 Å². The van der Waals surface area contributed by atoms with Crippen molar-refractivity contribution in [3.05, 3.63) is 12.7 Å². The molecule has 0 saturated carbocycles. The Kier molecular flexibility index (Phi) is 5.18. The first-order chi connectivity index (χ1) is 5.54. The average molecular weight is 171 g/mol. The number of hydrogen-bond donors (Lipinski definition) is 2. The molecular weight excluding hydrogens is 150 g/mol. The van der Waals surface area contributed by atoms with E-state index < -0.39 is 0 Å². The van der Waals surface area contributed by atoms with Crippen LogP contribution < -0.4 is 5.73 Å². The predicted molar refractivity (Wildman–Crippen MR) is 52.8 cm³/mol. The van der Waals surface area contributed by atoms with Crippen LogP contribution in [0.4, 0.5) is 0 Å². The summed E-state index contributed by atoms with van der Waals surface area (Å²) in [5.41, 5.74) is 5.84. The van der Waals surface area contributed by atoms with Gasteiger partial charge in [0.05, 0.1) is 6.10 Å². The van der Waals surface area contributed by atoms with Gasteiger partial charge >= 0.3 is 0 Å². The normalized spacial score (nSPS) is 21.1. The van der Waals surface area contributed by atoms with Crippen molar-refractivity contribution in [2.45, 2.75) is 39.3 Å². The fourth-order valence-electron chi connectivity index (χ4n) is 1.53. The Labute approximate surface area is 75.5 Å². The van der Waals surface area contributed by atoms with Crippen LogP contribution >= 0.6 is 0 Å². The molecule has 0 heterocycles. The molecule has 0 aliphatic carbocycles. The minimum Gasteiger partial charge on any atom is -0.393 e. The Morgan fingerprint density at radius 2 is 2.00 bits per heavy atom. The van der Waals surface area contributed by atoms with E-state index >= 15 is 0 Å². The van der Waals surface area contributed by atoms with E-state index in [1.807, 2.05) is 13.8 Å². The molecule has 0 aromatic heterocycles. The average Bonchev–Trinajstić information content (AvgIpc) is 2.05. The lowest BCUT2D eigenvalue weighted by Gasteiger charge is -2.28. The van der Waals surface area contributed by atoms with E-state index in [9.17, 15) is 5.11 Å². The quantitative estimate of drug-likeness (QED) is 0.616. The predicted octanol–water partition coefficient (Wildman–Crippen LogP) is 1.54. The van der Waals surface area contributed by atoms with Gasteiger partial charge in [-0.25, -0.2) is 0 Å². The molecule has 0 aliphatic rings. The van der Waals surface area contributed by atoms with Crippen molar-refractivity contribution >= 4 is 0 Å². The zero-order valence-corrected chi connectivity index (χ0v) is 8.33. The lowest BCUT2D eigenvalue weighted by Crippen LogP contribution is -2.36. The van der Waals surface area contributed by atoms with Gasteiger partial charge in [0.25, 0.3) is 0 Å². The van der Waals surface area contributed by atoms with Crippen LogP contribution in [0.2, 0.25) is 0 Å². The minimum absolute atomic E-state index is 0.000370. The van der Waals surface area contributed by atoms with Crippen LogP contribution in [0, 0.1) is 11.8 Å². The van der Waals surface area contributed by atoms with Crippen molar-refractivity contribution in [1.82, 2.24) is 0 Å². The molecule has 3 N–H and O–H groups in total. The van der Waals surface area contributed by atoms with E-state index in [1.54, 1.807) is 6.08 Å². The third-order valence-electron chi connectivity index (χ3n) is 2.67. The summed E-state index contributed by atoms with van der Waals surface area (Å²) in [5.74, 6) is 0.575. The topological polar surface area (TPSA) is 46.2 Å². The van der Waals surface area contributed by atoms with Crippen molar-refractivity contribution in [3.63, 3.8) is 0 Å². The fourth-order valence-corrected chi connectivity index (χ4v) is 1.53. The molecule has 0 fully saturated rings. The minimum atomic E-state index is -0.291. The smallest absolute Gasteiger partial charge is 0.0540 e.